The van der Waals surface area contributed by atoms with Crippen LogP contribution in [0, 0.1) is 6.92 Å². The number of nitrogen functional groups attached to an aromatic ring is 1. The fourth-order valence-corrected chi connectivity index (χ4v) is 2.75. The van der Waals surface area contributed by atoms with Crippen molar-refractivity contribution in [2.75, 3.05) is 5.73 Å². The van der Waals surface area contributed by atoms with Crippen molar-refractivity contribution in [2.45, 2.75) is 6.92 Å². The molecule has 0 fully saturated rings. The second-order valence-electron chi connectivity index (χ2n) is 4.12. The van der Waals surface area contributed by atoms with Crippen LogP contribution < -0.4 is 5.73 Å². The number of halogens is 1. The molecule has 0 spiro atoms. The van der Waals surface area contributed by atoms with Gasteiger partial charge < -0.3 is 5.73 Å². The summed E-state index contributed by atoms with van der Waals surface area (Å²) in [6, 6.07) is 7.54. The monoisotopic (exact) mass is 290 g/mol. The van der Waals surface area contributed by atoms with Gasteiger partial charge in [0.25, 0.3) is 0 Å². The van der Waals surface area contributed by atoms with E-state index in [0.717, 1.165) is 27.5 Å². The van der Waals surface area contributed by atoms with Gasteiger partial charge in [-0.2, -0.15) is 5.10 Å². The Morgan fingerprint density at radius 3 is 2.89 bits per heavy atom. The number of aryl methyl sites for hydroxylation is 1. The number of aromatic amines is 1. The highest BCUT2D eigenvalue weighted by Gasteiger charge is 2.16. The first-order chi connectivity index (χ1) is 9.15. The predicted molar refractivity (Wildman–Crippen MR) is 79.3 cm³/mol. The fraction of sp³-hybridized carbons (Fsp3) is 0.0769. The molecule has 0 aliphatic heterocycles. The Bertz CT molecular complexity index is 732. The Morgan fingerprint density at radius 1 is 1.37 bits per heavy atom. The molecule has 3 aromatic rings. The third-order valence-corrected chi connectivity index (χ3v) is 3.79. The third-order valence-electron chi connectivity index (χ3n) is 2.78. The molecule has 4 nitrogen and oxygen atoms in total. The van der Waals surface area contributed by atoms with Gasteiger partial charge >= 0.3 is 0 Å². The van der Waals surface area contributed by atoms with E-state index in [0.29, 0.717) is 10.8 Å². The lowest BCUT2D eigenvalue weighted by atomic mass is 10.0. The van der Waals surface area contributed by atoms with Crippen LogP contribution in [0.5, 0.6) is 0 Å². The molecule has 19 heavy (non-hydrogen) atoms. The highest BCUT2D eigenvalue weighted by molar-refractivity contribution is 7.09. The Morgan fingerprint density at radius 2 is 2.21 bits per heavy atom. The van der Waals surface area contributed by atoms with E-state index in [1.165, 1.54) is 0 Å². The second kappa shape index (κ2) is 4.68. The molecule has 0 atom stereocenters. The summed E-state index contributed by atoms with van der Waals surface area (Å²) in [6.07, 6.45) is 0. The quantitative estimate of drug-likeness (QED) is 0.755. The summed E-state index contributed by atoms with van der Waals surface area (Å²) >= 11 is 7.62. The van der Waals surface area contributed by atoms with Crippen LogP contribution in [0.15, 0.2) is 29.6 Å². The molecule has 0 saturated heterocycles. The molecule has 1 aromatic carbocycles. The van der Waals surface area contributed by atoms with Crippen LogP contribution in [-0.2, 0) is 0 Å². The second-order valence-corrected chi connectivity index (χ2v) is 5.62. The number of nitrogens with zero attached hydrogens (tertiary/aromatic N) is 2. The van der Waals surface area contributed by atoms with Crippen molar-refractivity contribution in [2.24, 2.45) is 0 Å². The van der Waals surface area contributed by atoms with E-state index >= 15 is 0 Å². The lowest BCUT2D eigenvalue weighted by Gasteiger charge is -2.03. The molecule has 2 aromatic heterocycles. The molecule has 6 heteroatoms. The molecule has 3 N–H and O–H groups in total. The van der Waals surface area contributed by atoms with Crippen LogP contribution >= 0.6 is 22.9 Å². The van der Waals surface area contributed by atoms with Gasteiger partial charge in [0.05, 0.1) is 22.0 Å². The number of H-pyrrole nitrogens is 1. The molecule has 0 aliphatic carbocycles. The van der Waals surface area contributed by atoms with E-state index in [2.05, 4.69) is 15.2 Å². The predicted octanol–water partition coefficient (Wildman–Crippen LogP) is 3.74. The van der Waals surface area contributed by atoms with E-state index in [9.17, 15) is 0 Å². The van der Waals surface area contributed by atoms with Crippen molar-refractivity contribution in [3.8, 4) is 22.5 Å². The number of hydrogen-bond donors (Lipinski definition) is 2. The summed E-state index contributed by atoms with van der Waals surface area (Å²) in [4.78, 5) is 4.46. The van der Waals surface area contributed by atoms with E-state index in [4.69, 9.17) is 17.3 Å². The number of benzene rings is 1. The minimum Gasteiger partial charge on any atom is -0.382 e. The number of rotatable bonds is 2. The highest BCUT2D eigenvalue weighted by Crippen LogP contribution is 2.35. The SMILES string of the molecule is Cc1nc(-c2[nH]nc(N)c2-c2cccc(Cl)c2)cs1. The van der Waals surface area contributed by atoms with Crippen molar-refractivity contribution >= 4 is 28.8 Å². The average molecular weight is 291 g/mol. The molecule has 96 valence electrons. The van der Waals surface area contributed by atoms with E-state index in [1.54, 1.807) is 11.3 Å². The number of nitrogens with one attached hydrogen (secondary N) is 1. The number of nitrogens with two attached hydrogens (primary N) is 1. The minimum atomic E-state index is 0.447. The van der Waals surface area contributed by atoms with Crippen molar-refractivity contribution in [3.05, 3.63) is 39.7 Å². The molecule has 0 unspecified atom stereocenters. The van der Waals surface area contributed by atoms with Crippen molar-refractivity contribution in [3.63, 3.8) is 0 Å². The Balaban J connectivity index is 2.19. The van der Waals surface area contributed by atoms with Crippen LogP contribution in [0.3, 0.4) is 0 Å². The zero-order valence-corrected chi connectivity index (χ0v) is 11.7. The minimum absolute atomic E-state index is 0.447. The standard InChI is InChI=1S/C13H11ClN4S/c1-7-16-10(6-19-7)12-11(13(15)18-17-12)8-3-2-4-9(14)5-8/h2-6H,1H3,(H3,15,17,18). The maximum absolute atomic E-state index is 6.03. The average Bonchev–Trinajstić information content (AvgIpc) is 2.95. The summed E-state index contributed by atoms with van der Waals surface area (Å²) in [7, 11) is 0. The lowest BCUT2D eigenvalue weighted by molar-refractivity contribution is 1.09. The Labute approximate surface area is 119 Å². The van der Waals surface area contributed by atoms with E-state index in [1.807, 2.05) is 36.6 Å². The van der Waals surface area contributed by atoms with Crippen LogP contribution in [-0.4, -0.2) is 15.2 Å². The molecule has 0 amide bonds. The zero-order chi connectivity index (χ0) is 13.4. The zero-order valence-electron chi connectivity index (χ0n) is 10.1. The smallest absolute Gasteiger partial charge is 0.153 e. The van der Waals surface area contributed by atoms with Gasteiger partial charge in [0.15, 0.2) is 5.82 Å². The van der Waals surface area contributed by atoms with E-state index < -0.39 is 0 Å². The summed E-state index contributed by atoms with van der Waals surface area (Å²) < 4.78 is 0. The number of aromatic nitrogens is 3. The molecular formula is C13H11ClN4S. The normalized spacial score (nSPS) is 10.8. The first-order valence-corrected chi connectivity index (χ1v) is 6.93. The maximum atomic E-state index is 6.03. The van der Waals surface area contributed by atoms with Gasteiger partial charge in [0.2, 0.25) is 0 Å². The van der Waals surface area contributed by atoms with Crippen molar-refractivity contribution < 1.29 is 0 Å². The topological polar surface area (TPSA) is 67.6 Å². The van der Waals surface area contributed by atoms with Crippen molar-refractivity contribution in [1.82, 2.24) is 15.2 Å². The van der Waals surface area contributed by atoms with Gasteiger partial charge in [-0.05, 0) is 24.6 Å². The molecule has 0 radical (unpaired) electrons. The van der Waals surface area contributed by atoms with Crippen LogP contribution in [0.2, 0.25) is 5.02 Å². The largest absolute Gasteiger partial charge is 0.382 e. The van der Waals surface area contributed by atoms with Gasteiger partial charge in [0, 0.05) is 10.4 Å². The van der Waals surface area contributed by atoms with E-state index in [-0.39, 0.29) is 0 Å². The molecule has 0 bridgehead atoms. The number of thiazole rings is 1. The van der Waals surface area contributed by atoms with Gasteiger partial charge in [-0.15, -0.1) is 11.3 Å². The summed E-state index contributed by atoms with van der Waals surface area (Å²) in [5, 5.41) is 10.7. The molecular weight excluding hydrogens is 280 g/mol. The fourth-order valence-electron chi connectivity index (χ4n) is 1.96. The Hall–Kier alpha value is -1.85. The number of anilines is 1. The molecule has 0 saturated carbocycles. The number of hydrogen-bond acceptors (Lipinski definition) is 4. The first-order valence-electron chi connectivity index (χ1n) is 5.67. The molecule has 2 heterocycles. The van der Waals surface area contributed by atoms with Crippen LogP contribution in [0.25, 0.3) is 22.5 Å². The first kappa shape index (κ1) is 12.2. The Kier molecular flexibility index (Phi) is 3.00. The lowest BCUT2D eigenvalue weighted by Crippen LogP contribution is -1.89. The summed E-state index contributed by atoms with van der Waals surface area (Å²) in [6.45, 7) is 1.97. The maximum Gasteiger partial charge on any atom is 0.153 e. The van der Waals surface area contributed by atoms with Gasteiger partial charge in [-0.25, -0.2) is 4.98 Å². The molecule has 0 aliphatic rings. The van der Waals surface area contributed by atoms with Crippen LogP contribution in [0.1, 0.15) is 5.01 Å². The van der Waals surface area contributed by atoms with Gasteiger partial charge in [-0.1, -0.05) is 23.7 Å². The molecule has 3 rings (SSSR count). The highest BCUT2D eigenvalue weighted by atomic mass is 35.5. The summed E-state index contributed by atoms with van der Waals surface area (Å²) in [5.74, 6) is 0.447. The van der Waals surface area contributed by atoms with Crippen LogP contribution in [0.4, 0.5) is 5.82 Å². The van der Waals surface area contributed by atoms with Gasteiger partial charge in [-0.3, -0.25) is 5.10 Å². The summed E-state index contributed by atoms with van der Waals surface area (Å²) in [5.41, 5.74) is 9.40. The third kappa shape index (κ3) is 2.22. The van der Waals surface area contributed by atoms with Gasteiger partial charge in [0.1, 0.15) is 0 Å². The van der Waals surface area contributed by atoms with Crippen molar-refractivity contribution in [1.29, 1.82) is 0 Å².